The minimum Gasteiger partial charge on any atom is -0.343 e. The number of carbonyl (C=O) groups excluding carboxylic acids is 1. The third-order valence-corrected chi connectivity index (χ3v) is 5.34. The molecule has 2 aliphatic carbocycles. The Hall–Kier alpha value is -1.43. The summed E-state index contributed by atoms with van der Waals surface area (Å²) in [5, 5.41) is 7.09. The second-order valence-corrected chi connectivity index (χ2v) is 7.24. The molecule has 0 aromatic carbocycles. The van der Waals surface area contributed by atoms with Gasteiger partial charge in [0, 0.05) is 5.92 Å². The van der Waals surface area contributed by atoms with Crippen molar-refractivity contribution in [1.29, 1.82) is 0 Å². The Balaban J connectivity index is 1.60. The van der Waals surface area contributed by atoms with Crippen molar-refractivity contribution in [3.8, 4) is 0 Å². The van der Waals surface area contributed by atoms with E-state index in [0.29, 0.717) is 11.8 Å². The third kappa shape index (κ3) is 3.74. The highest BCUT2D eigenvalue weighted by Gasteiger charge is 2.36. The van der Waals surface area contributed by atoms with Crippen molar-refractivity contribution in [2.24, 2.45) is 5.73 Å². The molecule has 2 fully saturated rings. The second kappa shape index (κ2) is 6.99. The van der Waals surface area contributed by atoms with E-state index in [4.69, 9.17) is 10.3 Å². The number of nitrogens with zero attached hydrogens (tertiary/aromatic N) is 2. The van der Waals surface area contributed by atoms with Gasteiger partial charge in [-0.25, -0.2) is 0 Å². The highest BCUT2D eigenvalue weighted by Crippen LogP contribution is 2.31. The van der Waals surface area contributed by atoms with Gasteiger partial charge in [-0.05, 0) is 32.6 Å². The van der Waals surface area contributed by atoms with Crippen LogP contribution in [0.25, 0.3) is 0 Å². The molecule has 2 saturated carbocycles. The maximum Gasteiger partial charge on any atom is 0.248 e. The van der Waals surface area contributed by atoms with Crippen molar-refractivity contribution in [3.63, 3.8) is 0 Å². The molecule has 0 saturated heterocycles. The maximum absolute atomic E-state index is 12.5. The van der Waals surface area contributed by atoms with Crippen LogP contribution in [0.15, 0.2) is 4.52 Å². The molecule has 1 heterocycles. The molecular weight excluding hydrogens is 292 g/mol. The SMILES string of the molecule is CC(NC(=O)C1(N)CCCCC1)c1nc(C2CCCCC2)no1. The minimum absolute atomic E-state index is 0.0953. The molecule has 0 aliphatic heterocycles. The summed E-state index contributed by atoms with van der Waals surface area (Å²) in [5.74, 6) is 1.59. The first-order valence-corrected chi connectivity index (χ1v) is 9.02. The van der Waals surface area contributed by atoms with E-state index < -0.39 is 5.54 Å². The fraction of sp³-hybridized carbons (Fsp3) is 0.824. The van der Waals surface area contributed by atoms with E-state index in [-0.39, 0.29) is 11.9 Å². The van der Waals surface area contributed by atoms with Gasteiger partial charge in [-0.2, -0.15) is 4.98 Å². The molecule has 1 unspecified atom stereocenters. The number of hydrogen-bond acceptors (Lipinski definition) is 5. The molecule has 0 spiro atoms. The number of carbonyl (C=O) groups is 1. The standard InChI is InChI=1S/C17H28N4O2/c1-12(19-16(22)17(18)10-6-3-7-11-17)15-20-14(21-23-15)13-8-4-2-5-9-13/h12-13H,2-11,18H2,1H3,(H,19,22). The van der Waals surface area contributed by atoms with E-state index in [1.807, 2.05) is 6.92 Å². The van der Waals surface area contributed by atoms with Gasteiger partial charge in [0.2, 0.25) is 11.8 Å². The Kier molecular flexibility index (Phi) is 4.99. The summed E-state index contributed by atoms with van der Waals surface area (Å²) in [6.45, 7) is 1.88. The summed E-state index contributed by atoms with van der Waals surface area (Å²) in [6.07, 6.45) is 10.7. The van der Waals surface area contributed by atoms with Gasteiger partial charge in [0.15, 0.2) is 5.82 Å². The molecule has 0 radical (unpaired) electrons. The highest BCUT2D eigenvalue weighted by molar-refractivity contribution is 5.86. The van der Waals surface area contributed by atoms with E-state index in [0.717, 1.165) is 50.8 Å². The highest BCUT2D eigenvalue weighted by atomic mass is 16.5. The molecule has 2 aliphatic rings. The lowest BCUT2D eigenvalue weighted by Gasteiger charge is -2.32. The normalized spacial score (nSPS) is 23.4. The molecular formula is C17H28N4O2. The van der Waals surface area contributed by atoms with Crippen molar-refractivity contribution in [1.82, 2.24) is 15.5 Å². The van der Waals surface area contributed by atoms with Crippen LogP contribution in [-0.2, 0) is 4.79 Å². The number of nitrogens with two attached hydrogens (primary N) is 1. The molecule has 3 N–H and O–H groups in total. The van der Waals surface area contributed by atoms with Gasteiger partial charge in [-0.3, -0.25) is 4.79 Å². The quantitative estimate of drug-likeness (QED) is 0.889. The van der Waals surface area contributed by atoms with Crippen LogP contribution in [0, 0.1) is 0 Å². The van der Waals surface area contributed by atoms with Crippen LogP contribution in [0.4, 0.5) is 0 Å². The number of aromatic nitrogens is 2. The van der Waals surface area contributed by atoms with Gasteiger partial charge in [0.05, 0.1) is 5.54 Å². The van der Waals surface area contributed by atoms with Gasteiger partial charge in [0.1, 0.15) is 6.04 Å². The Labute approximate surface area is 137 Å². The summed E-state index contributed by atoms with van der Waals surface area (Å²) in [6, 6.07) is -0.297. The zero-order valence-corrected chi connectivity index (χ0v) is 14.0. The average Bonchev–Trinajstić information content (AvgIpc) is 3.06. The lowest BCUT2D eigenvalue weighted by atomic mass is 9.82. The van der Waals surface area contributed by atoms with E-state index in [9.17, 15) is 4.79 Å². The van der Waals surface area contributed by atoms with E-state index in [1.165, 1.54) is 19.3 Å². The lowest BCUT2D eigenvalue weighted by molar-refractivity contribution is -0.128. The Morgan fingerprint density at radius 1 is 1.22 bits per heavy atom. The molecule has 3 rings (SSSR count). The molecule has 128 valence electrons. The van der Waals surface area contributed by atoms with Crippen LogP contribution in [0.5, 0.6) is 0 Å². The summed E-state index contributed by atoms with van der Waals surface area (Å²) < 4.78 is 5.38. The largest absolute Gasteiger partial charge is 0.343 e. The lowest BCUT2D eigenvalue weighted by Crippen LogP contribution is -2.55. The topological polar surface area (TPSA) is 94.0 Å². The van der Waals surface area contributed by atoms with Gasteiger partial charge < -0.3 is 15.6 Å². The molecule has 0 bridgehead atoms. The minimum atomic E-state index is -0.737. The summed E-state index contributed by atoms with van der Waals surface area (Å²) in [5.41, 5.74) is 5.54. The maximum atomic E-state index is 12.5. The van der Waals surface area contributed by atoms with Crippen molar-refractivity contribution >= 4 is 5.91 Å². The van der Waals surface area contributed by atoms with Gasteiger partial charge in [-0.1, -0.05) is 43.7 Å². The smallest absolute Gasteiger partial charge is 0.248 e. The number of nitrogens with one attached hydrogen (secondary N) is 1. The zero-order chi connectivity index (χ0) is 16.3. The van der Waals surface area contributed by atoms with E-state index in [1.54, 1.807) is 0 Å². The van der Waals surface area contributed by atoms with E-state index >= 15 is 0 Å². The number of rotatable bonds is 4. The van der Waals surface area contributed by atoms with Crippen LogP contribution in [0.1, 0.15) is 94.8 Å². The predicted molar refractivity (Wildman–Crippen MR) is 86.7 cm³/mol. The van der Waals surface area contributed by atoms with Crippen LogP contribution in [-0.4, -0.2) is 21.6 Å². The van der Waals surface area contributed by atoms with Gasteiger partial charge in [-0.15, -0.1) is 0 Å². The molecule has 6 nitrogen and oxygen atoms in total. The number of amides is 1. The van der Waals surface area contributed by atoms with Crippen molar-refractivity contribution in [3.05, 3.63) is 11.7 Å². The van der Waals surface area contributed by atoms with Crippen LogP contribution < -0.4 is 11.1 Å². The van der Waals surface area contributed by atoms with Crippen molar-refractivity contribution in [2.75, 3.05) is 0 Å². The van der Waals surface area contributed by atoms with Gasteiger partial charge >= 0.3 is 0 Å². The van der Waals surface area contributed by atoms with E-state index in [2.05, 4.69) is 15.5 Å². The molecule has 1 aromatic rings. The fourth-order valence-corrected chi connectivity index (χ4v) is 3.76. The molecule has 1 amide bonds. The van der Waals surface area contributed by atoms with Crippen LogP contribution >= 0.6 is 0 Å². The first kappa shape index (κ1) is 16.4. The zero-order valence-electron chi connectivity index (χ0n) is 14.0. The molecule has 6 heteroatoms. The summed E-state index contributed by atoms with van der Waals surface area (Å²) in [7, 11) is 0. The Morgan fingerprint density at radius 2 is 1.87 bits per heavy atom. The Morgan fingerprint density at radius 3 is 2.57 bits per heavy atom. The summed E-state index contributed by atoms with van der Waals surface area (Å²) in [4.78, 5) is 17.0. The molecule has 1 aromatic heterocycles. The summed E-state index contributed by atoms with van der Waals surface area (Å²) >= 11 is 0. The van der Waals surface area contributed by atoms with Crippen molar-refractivity contribution in [2.45, 2.75) is 88.6 Å². The Bertz CT molecular complexity index is 530. The number of hydrogen-bond donors (Lipinski definition) is 2. The van der Waals surface area contributed by atoms with Crippen molar-refractivity contribution < 1.29 is 9.32 Å². The first-order valence-electron chi connectivity index (χ1n) is 9.02. The average molecular weight is 320 g/mol. The predicted octanol–water partition coefficient (Wildman–Crippen LogP) is 2.96. The fourth-order valence-electron chi connectivity index (χ4n) is 3.76. The second-order valence-electron chi connectivity index (χ2n) is 7.24. The van der Waals surface area contributed by atoms with Gasteiger partial charge in [0.25, 0.3) is 0 Å². The third-order valence-electron chi connectivity index (χ3n) is 5.34. The molecule has 23 heavy (non-hydrogen) atoms. The van der Waals surface area contributed by atoms with Crippen LogP contribution in [0.3, 0.4) is 0 Å². The van der Waals surface area contributed by atoms with Crippen LogP contribution in [0.2, 0.25) is 0 Å². The molecule has 1 atom stereocenters. The first-order chi connectivity index (χ1) is 11.1. The monoisotopic (exact) mass is 320 g/mol.